The summed E-state index contributed by atoms with van der Waals surface area (Å²) in [6.07, 6.45) is 9.81. The minimum absolute atomic E-state index is 0.0998. The first kappa shape index (κ1) is 13.1. The lowest BCUT2D eigenvalue weighted by molar-refractivity contribution is -0.338. The highest BCUT2D eigenvalue weighted by molar-refractivity contribution is 4.89. The Balaban J connectivity index is 1.99. The molecule has 2 aliphatic heterocycles. The van der Waals surface area contributed by atoms with Gasteiger partial charge in [-0.05, 0) is 38.5 Å². The zero-order chi connectivity index (χ0) is 12.1. The van der Waals surface area contributed by atoms with Gasteiger partial charge in [-0.3, -0.25) is 0 Å². The van der Waals surface area contributed by atoms with E-state index < -0.39 is 5.79 Å². The van der Waals surface area contributed by atoms with Crippen LogP contribution in [0.4, 0.5) is 0 Å². The van der Waals surface area contributed by atoms with E-state index in [0.717, 1.165) is 45.1 Å². The summed E-state index contributed by atoms with van der Waals surface area (Å²) >= 11 is 0. The van der Waals surface area contributed by atoms with Crippen molar-refractivity contribution in [2.45, 2.75) is 62.9 Å². The summed E-state index contributed by atoms with van der Waals surface area (Å²) in [4.78, 5) is 0. The molecule has 3 atom stereocenters. The van der Waals surface area contributed by atoms with E-state index in [1.165, 1.54) is 6.42 Å². The summed E-state index contributed by atoms with van der Waals surface area (Å²) in [5, 5.41) is 0. The fraction of sp³-hybridized carbons (Fsp3) is 0.857. The van der Waals surface area contributed by atoms with Crippen LogP contribution in [0.25, 0.3) is 0 Å². The van der Waals surface area contributed by atoms with Gasteiger partial charge in [0.2, 0.25) is 0 Å². The van der Waals surface area contributed by atoms with E-state index in [1.807, 2.05) is 6.08 Å². The quantitative estimate of drug-likeness (QED) is 0.707. The van der Waals surface area contributed by atoms with Crippen LogP contribution in [0.2, 0.25) is 0 Å². The largest absolute Gasteiger partial charge is 0.376 e. The molecule has 0 radical (unpaired) electrons. The lowest BCUT2D eigenvalue weighted by Gasteiger charge is -2.47. The second kappa shape index (κ2) is 5.98. The van der Waals surface area contributed by atoms with Crippen molar-refractivity contribution in [1.29, 1.82) is 0 Å². The van der Waals surface area contributed by atoms with Crippen molar-refractivity contribution in [3.8, 4) is 0 Å². The Hall–Kier alpha value is -0.380. The zero-order valence-corrected chi connectivity index (χ0v) is 10.8. The molecule has 2 rings (SSSR count). The van der Waals surface area contributed by atoms with E-state index in [9.17, 15) is 0 Å². The molecular formula is C14H24O3. The normalized spacial score (nSPS) is 38.2. The van der Waals surface area contributed by atoms with E-state index in [2.05, 4.69) is 6.58 Å². The third-order valence-corrected chi connectivity index (χ3v) is 3.85. The van der Waals surface area contributed by atoms with Crippen LogP contribution >= 0.6 is 0 Å². The standard InChI is InChI=1S/C14H24O3/c1-3-4-7-12-8-9-13(15-2)14(17-12)10-5-6-11-16-14/h3,12-13H,1,4-11H2,2H3/t12-,13-,14+/m1/s1. The zero-order valence-electron chi connectivity index (χ0n) is 10.8. The molecule has 0 unspecified atom stereocenters. The molecule has 17 heavy (non-hydrogen) atoms. The Bertz CT molecular complexity index is 246. The second-order valence-corrected chi connectivity index (χ2v) is 5.02. The highest BCUT2D eigenvalue weighted by Gasteiger charge is 2.47. The van der Waals surface area contributed by atoms with Gasteiger partial charge in [0.25, 0.3) is 0 Å². The maximum atomic E-state index is 6.23. The van der Waals surface area contributed by atoms with Crippen LogP contribution in [0.1, 0.15) is 44.9 Å². The third kappa shape index (κ3) is 2.90. The van der Waals surface area contributed by atoms with E-state index >= 15 is 0 Å². The molecule has 0 aromatic heterocycles. The van der Waals surface area contributed by atoms with Crippen LogP contribution in [0, 0.1) is 0 Å². The molecule has 3 heteroatoms. The number of ether oxygens (including phenoxy) is 3. The van der Waals surface area contributed by atoms with Gasteiger partial charge >= 0.3 is 0 Å². The lowest BCUT2D eigenvalue weighted by Crippen LogP contribution is -2.55. The van der Waals surface area contributed by atoms with Crippen molar-refractivity contribution in [3.63, 3.8) is 0 Å². The van der Waals surface area contributed by atoms with Gasteiger partial charge in [-0.15, -0.1) is 6.58 Å². The number of hydrogen-bond acceptors (Lipinski definition) is 3. The van der Waals surface area contributed by atoms with Crippen molar-refractivity contribution in [2.24, 2.45) is 0 Å². The first-order valence-electron chi connectivity index (χ1n) is 6.76. The second-order valence-electron chi connectivity index (χ2n) is 5.02. The van der Waals surface area contributed by atoms with Gasteiger partial charge in [0.05, 0.1) is 12.7 Å². The Morgan fingerprint density at radius 2 is 2.29 bits per heavy atom. The molecule has 1 spiro atoms. The monoisotopic (exact) mass is 240 g/mol. The Morgan fingerprint density at radius 1 is 1.41 bits per heavy atom. The SMILES string of the molecule is C=CCC[C@@H]1CC[C@@H](OC)[C@]2(CCCCO2)O1. The van der Waals surface area contributed by atoms with E-state index in [0.29, 0.717) is 6.10 Å². The molecule has 0 saturated carbocycles. The number of allylic oxidation sites excluding steroid dienone is 1. The molecule has 98 valence electrons. The van der Waals surface area contributed by atoms with Crippen molar-refractivity contribution in [1.82, 2.24) is 0 Å². The van der Waals surface area contributed by atoms with Gasteiger partial charge in [0, 0.05) is 13.5 Å². The average Bonchev–Trinajstić information content (AvgIpc) is 2.37. The minimum Gasteiger partial charge on any atom is -0.376 e. The summed E-state index contributed by atoms with van der Waals surface area (Å²) in [6, 6.07) is 0. The van der Waals surface area contributed by atoms with Gasteiger partial charge in [-0.25, -0.2) is 0 Å². The number of hydrogen-bond donors (Lipinski definition) is 0. The molecule has 2 fully saturated rings. The van der Waals surface area contributed by atoms with E-state index in [-0.39, 0.29) is 6.10 Å². The Morgan fingerprint density at radius 3 is 2.94 bits per heavy atom. The molecule has 0 aromatic carbocycles. The molecule has 2 heterocycles. The average molecular weight is 240 g/mol. The van der Waals surface area contributed by atoms with Crippen molar-refractivity contribution < 1.29 is 14.2 Å². The third-order valence-electron chi connectivity index (χ3n) is 3.85. The maximum Gasteiger partial charge on any atom is 0.194 e. The first-order chi connectivity index (χ1) is 8.30. The molecule has 0 bridgehead atoms. The Kier molecular flexibility index (Phi) is 4.60. The van der Waals surface area contributed by atoms with Crippen molar-refractivity contribution >= 4 is 0 Å². The summed E-state index contributed by atoms with van der Waals surface area (Å²) in [5.41, 5.74) is 0. The summed E-state index contributed by atoms with van der Waals surface area (Å²) in [5.74, 6) is -0.461. The highest BCUT2D eigenvalue weighted by atomic mass is 16.7. The van der Waals surface area contributed by atoms with Crippen LogP contribution in [0.15, 0.2) is 12.7 Å². The van der Waals surface area contributed by atoms with Crippen molar-refractivity contribution in [3.05, 3.63) is 12.7 Å². The van der Waals surface area contributed by atoms with Gasteiger partial charge in [0.15, 0.2) is 5.79 Å². The highest BCUT2D eigenvalue weighted by Crippen LogP contribution is 2.39. The number of rotatable bonds is 4. The predicted octanol–water partition coefficient (Wildman–Crippen LogP) is 3.04. The van der Waals surface area contributed by atoms with Gasteiger partial charge < -0.3 is 14.2 Å². The molecule has 0 aliphatic carbocycles. The molecule has 0 N–H and O–H groups in total. The summed E-state index contributed by atoms with van der Waals surface area (Å²) in [6.45, 7) is 4.57. The van der Waals surface area contributed by atoms with Crippen molar-refractivity contribution in [2.75, 3.05) is 13.7 Å². The Labute approximate surface area is 104 Å². The van der Waals surface area contributed by atoms with Gasteiger partial charge in [-0.1, -0.05) is 6.08 Å². The van der Waals surface area contributed by atoms with Crippen LogP contribution < -0.4 is 0 Å². The number of methoxy groups -OCH3 is 1. The molecule has 2 saturated heterocycles. The molecule has 2 aliphatic rings. The summed E-state index contributed by atoms with van der Waals surface area (Å²) in [7, 11) is 1.76. The molecular weight excluding hydrogens is 216 g/mol. The van der Waals surface area contributed by atoms with Crippen LogP contribution in [0.3, 0.4) is 0 Å². The topological polar surface area (TPSA) is 27.7 Å². The lowest BCUT2D eigenvalue weighted by atomic mass is 9.90. The first-order valence-corrected chi connectivity index (χ1v) is 6.76. The predicted molar refractivity (Wildman–Crippen MR) is 66.9 cm³/mol. The molecule has 3 nitrogen and oxygen atoms in total. The summed E-state index contributed by atoms with van der Waals surface area (Å²) < 4.78 is 17.7. The van der Waals surface area contributed by atoms with Gasteiger partial charge in [0.1, 0.15) is 6.10 Å². The van der Waals surface area contributed by atoms with E-state index in [4.69, 9.17) is 14.2 Å². The molecule has 0 amide bonds. The van der Waals surface area contributed by atoms with Gasteiger partial charge in [-0.2, -0.15) is 0 Å². The van der Waals surface area contributed by atoms with Crippen LogP contribution in [-0.2, 0) is 14.2 Å². The fourth-order valence-corrected chi connectivity index (χ4v) is 2.92. The molecule has 0 aromatic rings. The maximum absolute atomic E-state index is 6.23. The fourth-order valence-electron chi connectivity index (χ4n) is 2.92. The van der Waals surface area contributed by atoms with Crippen LogP contribution in [-0.4, -0.2) is 31.7 Å². The van der Waals surface area contributed by atoms with E-state index in [1.54, 1.807) is 7.11 Å². The smallest absolute Gasteiger partial charge is 0.194 e. The van der Waals surface area contributed by atoms with Crippen LogP contribution in [0.5, 0.6) is 0 Å². The minimum atomic E-state index is -0.461.